The first-order valence-electron chi connectivity index (χ1n) is 6.82. The van der Waals surface area contributed by atoms with Crippen LogP contribution in [0.4, 0.5) is 11.5 Å². The molecule has 0 saturated heterocycles. The fourth-order valence-corrected chi connectivity index (χ4v) is 3.06. The minimum atomic E-state index is 0.861. The number of aromatic nitrogens is 2. The molecule has 2 aromatic rings. The zero-order valence-electron chi connectivity index (χ0n) is 10.8. The second-order valence-electron chi connectivity index (χ2n) is 5.11. The van der Waals surface area contributed by atoms with E-state index in [1.54, 1.807) is 6.33 Å². The van der Waals surface area contributed by atoms with E-state index in [4.69, 9.17) is 0 Å². The highest BCUT2D eigenvalue weighted by atomic mass is 15.2. The molecule has 4 rings (SSSR count). The van der Waals surface area contributed by atoms with Crippen molar-refractivity contribution in [2.75, 3.05) is 11.4 Å². The quantitative estimate of drug-likeness (QED) is 0.844. The summed E-state index contributed by atoms with van der Waals surface area (Å²) in [6, 6.07) is 8.65. The van der Waals surface area contributed by atoms with Crippen LogP contribution in [-0.4, -0.2) is 16.5 Å². The van der Waals surface area contributed by atoms with E-state index in [9.17, 15) is 0 Å². The smallest absolute Gasteiger partial charge is 0.141 e. The maximum Gasteiger partial charge on any atom is 0.141 e. The van der Waals surface area contributed by atoms with Crippen LogP contribution in [-0.2, 0) is 19.5 Å². The van der Waals surface area contributed by atoms with Gasteiger partial charge in [-0.1, -0.05) is 18.2 Å². The molecule has 0 atom stereocenters. The number of benzene rings is 1. The summed E-state index contributed by atoms with van der Waals surface area (Å²) < 4.78 is 0. The standard InChI is InChI=1S/C15H16N4/c1-2-6-14-11(4-1)5-3-7-19(14)15-12-8-16-9-13(12)17-10-18-15/h1-2,4,6,10,16H,3,5,7-9H2. The third-order valence-electron chi connectivity index (χ3n) is 3.97. The molecule has 1 aromatic heterocycles. The average Bonchev–Trinajstić information content (AvgIpc) is 2.95. The first-order chi connectivity index (χ1) is 9.43. The molecule has 2 aliphatic rings. The van der Waals surface area contributed by atoms with Gasteiger partial charge in [-0.15, -0.1) is 0 Å². The zero-order chi connectivity index (χ0) is 12.7. The fraction of sp³-hybridized carbons (Fsp3) is 0.333. The molecule has 0 aliphatic carbocycles. The lowest BCUT2D eigenvalue weighted by molar-refractivity contribution is 0.745. The molecule has 2 aliphatic heterocycles. The molecule has 96 valence electrons. The van der Waals surface area contributed by atoms with Gasteiger partial charge in [0.25, 0.3) is 0 Å². The van der Waals surface area contributed by atoms with Gasteiger partial charge in [0.05, 0.1) is 5.69 Å². The summed E-state index contributed by atoms with van der Waals surface area (Å²) in [5, 5.41) is 3.36. The number of hydrogen-bond donors (Lipinski definition) is 1. The molecule has 0 fully saturated rings. The largest absolute Gasteiger partial charge is 0.326 e. The number of hydrogen-bond acceptors (Lipinski definition) is 4. The van der Waals surface area contributed by atoms with E-state index in [-0.39, 0.29) is 0 Å². The molecule has 1 N–H and O–H groups in total. The van der Waals surface area contributed by atoms with Gasteiger partial charge >= 0.3 is 0 Å². The Kier molecular flexibility index (Phi) is 2.48. The lowest BCUT2D eigenvalue weighted by Crippen LogP contribution is -2.26. The predicted octanol–water partition coefficient (Wildman–Crippen LogP) is 2.16. The summed E-state index contributed by atoms with van der Waals surface area (Å²) in [6.07, 6.45) is 4.04. The molecule has 0 saturated carbocycles. The molecular weight excluding hydrogens is 236 g/mol. The SMILES string of the molecule is c1ccc2c(c1)CCCN2c1ncnc2c1CNC2. The molecular formula is C15H16N4. The fourth-order valence-electron chi connectivity index (χ4n) is 3.06. The van der Waals surface area contributed by atoms with Gasteiger partial charge in [-0.25, -0.2) is 9.97 Å². The lowest BCUT2D eigenvalue weighted by Gasteiger charge is -2.31. The van der Waals surface area contributed by atoms with Crippen LogP contribution in [0.1, 0.15) is 23.2 Å². The molecule has 0 spiro atoms. The summed E-state index contributed by atoms with van der Waals surface area (Å²) in [5.41, 5.74) is 5.14. The maximum atomic E-state index is 4.55. The number of nitrogens with one attached hydrogen (secondary N) is 1. The van der Waals surface area contributed by atoms with Gasteiger partial charge in [0, 0.05) is 30.9 Å². The highest BCUT2D eigenvalue weighted by Gasteiger charge is 2.24. The third kappa shape index (κ3) is 1.71. The molecule has 0 unspecified atom stereocenters. The number of nitrogens with zero attached hydrogens (tertiary/aromatic N) is 3. The van der Waals surface area contributed by atoms with E-state index in [1.165, 1.54) is 23.2 Å². The third-order valence-corrected chi connectivity index (χ3v) is 3.97. The van der Waals surface area contributed by atoms with E-state index in [1.807, 2.05) is 0 Å². The first-order valence-corrected chi connectivity index (χ1v) is 6.82. The summed E-state index contributed by atoms with van der Waals surface area (Å²) in [7, 11) is 0. The maximum absolute atomic E-state index is 4.55. The number of fused-ring (bicyclic) bond motifs is 2. The van der Waals surface area contributed by atoms with Crippen molar-refractivity contribution in [3.05, 3.63) is 47.4 Å². The van der Waals surface area contributed by atoms with Crippen LogP contribution in [0.2, 0.25) is 0 Å². The summed E-state index contributed by atoms with van der Waals surface area (Å²) in [6.45, 7) is 2.78. The Morgan fingerprint density at radius 3 is 3.05 bits per heavy atom. The van der Waals surface area contributed by atoms with Crippen molar-refractivity contribution >= 4 is 11.5 Å². The monoisotopic (exact) mass is 252 g/mol. The van der Waals surface area contributed by atoms with Crippen LogP contribution >= 0.6 is 0 Å². The van der Waals surface area contributed by atoms with E-state index >= 15 is 0 Å². The van der Waals surface area contributed by atoms with Crippen LogP contribution in [0.15, 0.2) is 30.6 Å². The van der Waals surface area contributed by atoms with Gasteiger partial charge in [0.2, 0.25) is 0 Å². The van der Waals surface area contributed by atoms with Crippen molar-refractivity contribution < 1.29 is 0 Å². The first kappa shape index (κ1) is 10.9. The van der Waals surface area contributed by atoms with Gasteiger partial charge in [-0.2, -0.15) is 0 Å². The topological polar surface area (TPSA) is 41.1 Å². The van der Waals surface area contributed by atoms with Crippen molar-refractivity contribution in [1.29, 1.82) is 0 Å². The second kappa shape index (κ2) is 4.31. The van der Waals surface area contributed by atoms with Crippen molar-refractivity contribution in [1.82, 2.24) is 15.3 Å². The zero-order valence-corrected chi connectivity index (χ0v) is 10.8. The van der Waals surface area contributed by atoms with Gasteiger partial charge in [0.15, 0.2) is 0 Å². The highest BCUT2D eigenvalue weighted by molar-refractivity contribution is 5.68. The Bertz CT molecular complexity index is 623. The van der Waals surface area contributed by atoms with Crippen molar-refractivity contribution in [3.63, 3.8) is 0 Å². The van der Waals surface area contributed by atoms with E-state index in [0.717, 1.165) is 37.6 Å². The minimum absolute atomic E-state index is 0.861. The van der Waals surface area contributed by atoms with Crippen LogP contribution in [0.25, 0.3) is 0 Å². The lowest BCUT2D eigenvalue weighted by atomic mass is 10.0. The number of aryl methyl sites for hydroxylation is 1. The average molecular weight is 252 g/mol. The van der Waals surface area contributed by atoms with Crippen molar-refractivity contribution in [2.45, 2.75) is 25.9 Å². The van der Waals surface area contributed by atoms with Gasteiger partial charge < -0.3 is 10.2 Å². The molecule has 4 nitrogen and oxygen atoms in total. The van der Waals surface area contributed by atoms with Crippen LogP contribution in [0.5, 0.6) is 0 Å². The van der Waals surface area contributed by atoms with Crippen molar-refractivity contribution in [3.8, 4) is 0 Å². The minimum Gasteiger partial charge on any atom is -0.326 e. The van der Waals surface area contributed by atoms with Crippen LogP contribution in [0, 0.1) is 0 Å². The number of anilines is 2. The highest BCUT2D eigenvalue weighted by Crippen LogP contribution is 2.35. The summed E-state index contributed by atoms with van der Waals surface area (Å²) in [4.78, 5) is 11.3. The van der Waals surface area contributed by atoms with Crippen molar-refractivity contribution in [2.24, 2.45) is 0 Å². The Morgan fingerprint density at radius 1 is 1.11 bits per heavy atom. The molecule has 0 amide bonds. The van der Waals surface area contributed by atoms with Gasteiger partial charge in [0.1, 0.15) is 12.1 Å². The molecule has 4 heteroatoms. The second-order valence-corrected chi connectivity index (χ2v) is 5.11. The Labute approximate surface area is 112 Å². The van der Waals surface area contributed by atoms with Gasteiger partial charge in [-0.05, 0) is 24.5 Å². The molecule has 0 radical (unpaired) electrons. The molecule has 1 aromatic carbocycles. The summed E-state index contributed by atoms with van der Waals surface area (Å²) in [5.74, 6) is 1.09. The van der Waals surface area contributed by atoms with Crippen LogP contribution < -0.4 is 10.2 Å². The van der Waals surface area contributed by atoms with Crippen LogP contribution in [0.3, 0.4) is 0 Å². The molecule has 19 heavy (non-hydrogen) atoms. The predicted molar refractivity (Wildman–Crippen MR) is 74.3 cm³/mol. The number of rotatable bonds is 1. The van der Waals surface area contributed by atoms with Gasteiger partial charge in [-0.3, -0.25) is 0 Å². The Hall–Kier alpha value is -1.94. The van der Waals surface area contributed by atoms with E-state index in [2.05, 4.69) is 44.5 Å². The Morgan fingerprint density at radius 2 is 2.05 bits per heavy atom. The number of para-hydroxylation sites is 1. The normalized spacial score (nSPS) is 17.2. The molecule has 0 bridgehead atoms. The van der Waals surface area contributed by atoms with E-state index < -0.39 is 0 Å². The summed E-state index contributed by atoms with van der Waals surface area (Å²) >= 11 is 0. The van der Waals surface area contributed by atoms with E-state index in [0.29, 0.717) is 0 Å². The Balaban J connectivity index is 1.84. The molecule has 3 heterocycles.